The zero-order chi connectivity index (χ0) is 14.9. The molecule has 0 unspecified atom stereocenters. The largest absolute Gasteiger partial charge is 0.305 e. The summed E-state index contributed by atoms with van der Waals surface area (Å²) in [5, 5.41) is 0. The van der Waals surface area contributed by atoms with Crippen LogP contribution in [0.4, 0.5) is 0 Å². The summed E-state index contributed by atoms with van der Waals surface area (Å²) in [4.78, 5) is 7.90. The fraction of sp³-hybridized carbons (Fsp3) is 0.368. The Labute approximate surface area is 131 Å². The Hall–Kier alpha value is -1.68. The Morgan fingerprint density at radius 1 is 1.05 bits per heavy atom. The molecule has 0 saturated carbocycles. The molecule has 0 amide bonds. The first-order valence-electron chi connectivity index (χ1n) is 8.04. The quantitative estimate of drug-likeness (QED) is 0.874. The summed E-state index contributed by atoms with van der Waals surface area (Å²) in [6.07, 6.45) is 1.22. The van der Waals surface area contributed by atoms with Crippen LogP contribution in [0.15, 0.2) is 54.6 Å². The van der Waals surface area contributed by atoms with E-state index < -0.39 is 0 Å². The molecule has 3 atom stereocenters. The molecule has 3 nitrogen and oxygen atoms in total. The molecule has 2 aromatic rings. The van der Waals surface area contributed by atoms with Gasteiger partial charge in [0, 0.05) is 18.5 Å². The zero-order valence-electron chi connectivity index (χ0n) is 12.9. The van der Waals surface area contributed by atoms with Crippen LogP contribution in [0.2, 0.25) is 0 Å². The lowest BCUT2D eigenvalue weighted by Crippen LogP contribution is -2.26. The Bertz CT molecular complexity index is 643. The summed E-state index contributed by atoms with van der Waals surface area (Å²) in [7, 11) is 1.71. The zero-order valence-corrected chi connectivity index (χ0v) is 12.9. The minimum Gasteiger partial charge on any atom is -0.305 e. The first kappa shape index (κ1) is 13.9. The molecule has 0 radical (unpaired) electrons. The lowest BCUT2D eigenvalue weighted by Gasteiger charge is -2.25. The van der Waals surface area contributed by atoms with Gasteiger partial charge in [-0.2, -0.15) is 5.48 Å². The van der Waals surface area contributed by atoms with E-state index in [0.717, 1.165) is 13.1 Å². The highest BCUT2D eigenvalue weighted by atomic mass is 16.6. The van der Waals surface area contributed by atoms with Gasteiger partial charge in [-0.3, -0.25) is 4.90 Å². The molecule has 2 aliphatic rings. The molecule has 1 N–H and O–H groups in total. The van der Waals surface area contributed by atoms with Gasteiger partial charge in [0.25, 0.3) is 0 Å². The van der Waals surface area contributed by atoms with Gasteiger partial charge in [0.2, 0.25) is 0 Å². The number of rotatable bonds is 4. The maximum absolute atomic E-state index is 5.28. The molecule has 4 rings (SSSR count). The summed E-state index contributed by atoms with van der Waals surface area (Å²) >= 11 is 0. The molecule has 3 heteroatoms. The molecule has 1 saturated heterocycles. The summed E-state index contributed by atoms with van der Waals surface area (Å²) in [6.45, 7) is 2.18. The van der Waals surface area contributed by atoms with Crippen LogP contribution < -0.4 is 5.48 Å². The lowest BCUT2D eigenvalue weighted by molar-refractivity contribution is 0.0404. The van der Waals surface area contributed by atoms with Gasteiger partial charge in [0.05, 0.1) is 13.2 Å². The molecular formula is C19H22N2O. The van der Waals surface area contributed by atoms with Crippen molar-refractivity contribution in [1.82, 2.24) is 10.4 Å². The molecule has 1 aliphatic heterocycles. The van der Waals surface area contributed by atoms with Gasteiger partial charge in [-0.05, 0) is 29.7 Å². The third-order valence-electron chi connectivity index (χ3n) is 5.10. The van der Waals surface area contributed by atoms with Gasteiger partial charge in [-0.15, -0.1) is 0 Å². The van der Waals surface area contributed by atoms with Gasteiger partial charge in [-0.25, -0.2) is 0 Å². The van der Waals surface area contributed by atoms with Crippen LogP contribution in [-0.2, 0) is 11.4 Å². The van der Waals surface area contributed by atoms with Crippen molar-refractivity contribution in [1.29, 1.82) is 0 Å². The normalized spacial score (nSPS) is 26.9. The van der Waals surface area contributed by atoms with Crippen LogP contribution in [-0.4, -0.2) is 18.6 Å². The highest BCUT2D eigenvalue weighted by Gasteiger charge is 2.47. The average molecular weight is 294 g/mol. The van der Waals surface area contributed by atoms with Crippen LogP contribution in [0, 0.1) is 5.92 Å². The molecule has 0 bridgehead atoms. The number of benzene rings is 2. The number of nitrogens with zero attached hydrogens (tertiary/aromatic N) is 1. The van der Waals surface area contributed by atoms with Crippen LogP contribution in [0.1, 0.15) is 35.2 Å². The van der Waals surface area contributed by atoms with E-state index in [4.69, 9.17) is 4.84 Å². The molecule has 1 aliphatic carbocycles. The van der Waals surface area contributed by atoms with Gasteiger partial charge >= 0.3 is 0 Å². The molecule has 2 aromatic carbocycles. The van der Waals surface area contributed by atoms with Gasteiger partial charge in [0.15, 0.2) is 0 Å². The molecule has 114 valence electrons. The van der Waals surface area contributed by atoms with Crippen molar-refractivity contribution in [2.75, 3.05) is 13.7 Å². The van der Waals surface area contributed by atoms with E-state index in [1.807, 2.05) is 0 Å². The maximum Gasteiger partial charge on any atom is 0.0621 e. The Balaban J connectivity index is 1.64. The number of hydrogen-bond acceptors (Lipinski definition) is 3. The predicted octanol–water partition coefficient (Wildman–Crippen LogP) is 3.46. The number of likely N-dealkylation sites (tertiary alicyclic amines) is 1. The summed E-state index contributed by atoms with van der Waals surface area (Å²) < 4.78 is 0. The monoisotopic (exact) mass is 294 g/mol. The standard InChI is InChI=1S/C19H22N2O/c1-22-20-18-15-9-5-6-10-16(15)19-17(18)11-12-21(19)13-14-7-3-2-4-8-14/h2-10,17-20H,11-13H2,1H3/t17-,18-,19+/m0/s1. The fourth-order valence-corrected chi connectivity index (χ4v) is 4.23. The van der Waals surface area contributed by atoms with Gasteiger partial charge in [0.1, 0.15) is 0 Å². The first-order valence-corrected chi connectivity index (χ1v) is 8.04. The van der Waals surface area contributed by atoms with E-state index in [9.17, 15) is 0 Å². The van der Waals surface area contributed by atoms with E-state index in [1.54, 1.807) is 7.11 Å². The van der Waals surface area contributed by atoms with Crippen molar-refractivity contribution in [3.8, 4) is 0 Å². The van der Waals surface area contributed by atoms with Crippen molar-refractivity contribution >= 4 is 0 Å². The highest BCUT2D eigenvalue weighted by Crippen LogP contribution is 2.52. The average Bonchev–Trinajstić information content (AvgIpc) is 3.09. The second-order valence-electron chi connectivity index (χ2n) is 6.28. The minimum absolute atomic E-state index is 0.312. The van der Waals surface area contributed by atoms with Crippen molar-refractivity contribution in [2.24, 2.45) is 5.92 Å². The van der Waals surface area contributed by atoms with E-state index in [1.165, 1.54) is 23.1 Å². The van der Waals surface area contributed by atoms with Crippen molar-refractivity contribution in [3.63, 3.8) is 0 Å². The van der Waals surface area contributed by atoms with Crippen LogP contribution in [0.5, 0.6) is 0 Å². The molecule has 22 heavy (non-hydrogen) atoms. The topological polar surface area (TPSA) is 24.5 Å². The fourth-order valence-electron chi connectivity index (χ4n) is 4.23. The third kappa shape index (κ3) is 2.26. The Kier molecular flexibility index (Phi) is 3.70. The van der Waals surface area contributed by atoms with Gasteiger partial charge in [-0.1, -0.05) is 54.6 Å². The van der Waals surface area contributed by atoms with E-state index in [0.29, 0.717) is 18.0 Å². The summed E-state index contributed by atoms with van der Waals surface area (Å²) in [5.41, 5.74) is 7.49. The second kappa shape index (κ2) is 5.84. The van der Waals surface area contributed by atoms with Crippen LogP contribution in [0.25, 0.3) is 0 Å². The predicted molar refractivity (Wildman–Crippen MR) is 87.0 cm³/mol. The number of nitrogens with one attached hydrogen (secondary N) is 1. The van der Waals surface area contributed by atoms with E-state index in [-0.39, 0.29) is 0 Å². The van der Waals surface area contributed by atoms with Crippen molar-refractivity contribution in [2.45, 2.75) is 25.0 Å². The summed E-state index contributed by atoms with van der Waals surface area (Å²) in [5.74, 6) is 0.598. The Morgan fingerprint density at radius 3 is 2.55 bits per heavy atom. The highest BCUT2D eigenvalue weighted by molar-refractivity contribution is 5.40. The molecule has 1 heterocycles. The molecular weight excluding hydrogens is 272 g/mol. The second-order valence-corrected chi connectivity index (χ2v) is 6.28. The molecule has 0 spiro atoms. The smallest absolute Gasteiger partial charge is 0.0621 e. The lowest BCUT2D eigenvalue weighted by atomic mass is 9.98. The first-order chi connectivity index (χ1) is 10.9. The molecule has 0 aromatic heterocycles. The minimum atomic E-state index is 0.312. The number of fused-ring (bicyclic) bond motifs is 3. The maximum atomic E-state index is 5.28. The van der Waals surface area contributed by atoms with Crippen LogP contribution in [0.3, 0.4) is 0 Å². The summed E-state index contributed by atoms with van der Waals surface area (Å²) in [6, 6.07) is 20.4. The Morgan fingerprint density at radius 2 is 1.77 bits per heavy atom. The number of hydroxylamine groups is 1. The van der Waals surface area contributed by atoms with Crippen molar-refractivity contribution in [3.05, 3.63) is 71.3 Å². The van der Waals surface area contributed by atoms with Crippen molar-refractivity contribution < 1.29 is 4.84 Å². The third-order valence-corrected chi connectivity index (χ3v) is 5.10. The molecule has 1 fully saturated rings. The van der Waals surface area contributed by atoms with E-state index in [2.05, 4.69) is 65.0 Å². The van der Waals surface area contributed by atoms with E-state index >= 15 is 0 Å². The SMILES string of the molecule is CON[C@H]1c2ccccc2[C@@H]2[C@H]1CCN2Cc1ccccc1. The van der Waals surface area contributed by atoms with Gasteiger partial charge < -0.3 is 4.84 Å². The number of hydrogen-bond donors (Lipinski definition) is 1. The van der Waals surface area contributed by atoms with Crippen LogP contribution >= 0.6 is 0 Å².